The lowest BCUT2D eigenvalue weighted by Gasteiger charge is -2.32. The third-order valence-corrected chi connectivity index (χ3v) is 4.22. The van der Waals surface area contributed by atoms with E-state index in [4.69, 9.17) is 5.73 Å². The number of halogens is 1. The number of hydrogen-bond acceptors (Lipinski definition) is 3. The van der Waals surface area contributed by atoms with Crippen LogP contribution in [0.15, 0.2) is 46.9 Å². The van der Waals surface area contributed by atoms with Gasteiger partial charge in [0, 0.05) is 22.7 Å². The van der Waals surface area contributed by atoms with Crippen molar-refractivity contribution in [3.05, 3.63) is 58.1 Å². The van der Waals surface area contributed by atoms with Gasteiger partial charge in [0.2, 0.25) is 0 Å². The van der Waals surface area contributed by atoms with Crippen LogP contribution in [0.4, 0.5) is 5.69 Å². The Kier molecular flexibility index (Phi) is 3.69. The highest BCUT2D eigenvalue weighted by molar-refractivity contribution is 9.10. The summed E-state index contributed by atoms with van der Waals surface area (Å²) in [6, 6.07) is 12.5. The largest absolute Gasteiger partial charge is 0.507 e. The first-order valence-corrected chi connectivity index (χ1v) is 7.52. The fourth-order valence-corrected chi connectivity index (χ4v) is 2.98. The molecule has 1 heterocycles. The van der Waals surface area contributed by atoms with Gasteiger partial charge in [-0.3, -0.25) is 4.79 Å². The van der Waals surface area contributed by atoms with Gasteiger partial charge in [-0.1, -0.05) is 34.1 Å². The summed E-state index contributed by atoms with van der Waals surface area (Å²) in [4.78, 5) is 14.4. The van der Waals surface area contributed by atoms with Gasteiger partial charge in [0.05, 0.1) is 5.56 Å². The Bertz CT molecular complexity index is 702. The third kappa shape index (κ3) is 2.54. The van der Waals surface area contributed by atoms with E-state index in [1.165, 1.54) is 6.07 Å². The van der Waals surface area contributed by atoms with Crippen LogP contribution in [0, 0.1) is 0 Å². The van der Waals surface area contributed by atoms with E-state index in [0.29, 0.717) is 18.5 Å². The van der Waals surface area contributed by atoms with Crippen molar-refractivity contribution in [1.29, 1.82) is 0 Å². The third-order valence-electron chi connectivity index (χ3n) is 3.73. The van der Waals surface area contributed by atoms with Crippen molar-refractivity contribution in [3.8, 4) is 5.75 Å². The predicted molar refractivity (Wildman–Crippen MR) is 85.5 cm³/mol. The number of nitrogens with two attached hydrogens (primary N) is 1. The zero-order chi connectivity index (χ0) is 15.0. The van der Waals surface area contributed by atoms with Crippen LogP contribution >= 0.6 is 15.9 Å². The first kappa shape index (κ1) is 14.1. The van der Waals surface area contributed by atoms with Crippen molar-refractivity contribution >= 4 is 27.5 Å². The van der Waals surface area contributed by atoms with Gasteiger partial charge >= 0.3 is 0 Å². The summed E-state index contributed by atoms with van der Waals surface area (Å²) in [6.45, 7) is 0.548. The Morgan fingerprint density at radius 3 is 2.81 bits per heavy atom. The molecule has 0 saturated carbocycles. The van der Waals surface area contributed by atoms with Crippen LogP contribution in [-0.2, 0) is 0 Å². The van der Waals surface area contributed by atoms with E-state index in [2.05, 4.69) is 15.9 Å². The molecule has 0 aliphatic carbocycles. The predicted octanol–water partition coefficient (Wildman–Crippen LogP) is 3.21. The summed E-state index contributed by atoms with van der Waals surface area (Å²) in [7, 11) is 0. The van der Waals surface area contributed by atoms with E-state index in [0.717, 1.165) is 15.7 Å². The van der Waals surface area contributed by atoms with Crippen molar-refractivity contribution in [2.75, 3.05) is 11.4 Å². The molecular formula is C16H15BrN2O2. The standard InChI is InChI=1S/C16H15BrN2O2/c17-10-5-6-12(15(20)9-10)16(21)19-8-7-13(18)11-3-1-2-4-14(11)19/h1-6,9,13,20H,7-8,18H2. The SMILES string of the molecule is NC1CCN(C(=O)c2ccc(Br)cc2O)c2ccccc21. The van der Waals surface area contributed by atoms with Crippen molar-refractivity contribution < 1.29 is 9.90 Å². The van der Waals surface area contributed by atoms with Crippen LogP contribution in [0.25, 0.3) is 0 Å². The number of anilines is 1. The van der Waals surface area contributed by atoms with Crippen LogP contribution in [0.2, 0.25) is 0 Å². The molecular weight excluding hydrogens is 332 g/mol. The second-order valence-electron chi connectivity index (χ2n) is 5.07. The Hall–Kier alpha value is -1.85. The minimum atomic E-state index is -0.209. The molecule has 21 heavy (non-hydrogen) atoms. The van der Waals surface area contributed by atoms with Crippen molar-refractivity contribution in [2.24, 2.45) is 5.73 Å². The number of amides is 1. The summed E-state index contributed by atoms with van der Waals surface area (Å²) < 4.78 is 0.734. The van der Waals surface area contributed by atoms with E-state index in [1.54, 1.807) is 17.0 Å². The molecule has 0 radical (unpaired) electrons. The lowest BCUT2D eigenvalue weighted by atomic mass is 9.96. The van der Waals surface area contributed by atoms with E-state index in [9.17, 15) is 9.90 Å². The Morgan fingerprint density at radius 2 is 2.05 bits per heavy atom. The zero-order valence-corrected chi connectivity index (χ0v) is 12.9. The number of aromatic hydroxyl groups is 1. The number of hydrogen-bond donors (Lipinski definition) is 2. The normalized spacial score (nSPS) is 17.4. The summed E-state index contributed by atoms with van der Waals surface area (Å²) in [5.74, 6) is -0.235. The molecule has 0 saturated heterocycles. The van der Waals surface area contributed by atoms with E-state index >= 15 is 0 Å². The number of para-hydroxylation sites is 1. The van der Waals surface area contributed by atoms with Gasteiger partial charge in [-0.05, 0) is 36.2 Å². The van der Waals surface area contributed by atoms with Crippen LogP contribution in [-0.4, -0.2) is 17.6 Å². The summed E-state index contributed by atoms with van der Waals surface area (Å²) in [5, 5.41) is 9.99. The van der Waals surface area contributed by atoms with Gasteiger partial charge in [0.15, 0.2) is 0 Å². The van der Waals surface area contributed by atoms with Gasteiger partial charge < -0.3 is 15.7 Å². The number of fused-ring (bicyclic) bond motifs is 1. The number of rotatable bonds is 1. The zero-order valence-electron chi connectivity index (χ0n) is 11.3. The molecule has 0 aromatic heterocycles. The molecule has 2 aromatic carbocycles. The molecule has 2 aromatic rings. The lowest BCUT2D eigenvalue weighted by Crippen LogP contribution is -2.38. The average Bonchev–Trinajstić information content (AvgIpc) is 2.47. The first-order valence-electron chi connectivity index (χ1n) is 6.73. The second-order valence-corrected chi connectivity index (χ2v) is 5.99. The molecule has 3 N–H and O–H groups in total. The summed E-state index contributed by atoms with van der Waals surface area (Å²) in [5.41, 5.74) is 8.19. The molecule has 1 amide bonds. The molecule has 1 unspecified atom stereocenters. The Balaban J connectivity index is 2.01. The summed E-state index contributed by atoms with van der Waals surface area (Å²) in [6.07, 6.45) is 0.708. The number of phenolic OH excluding ortho intramolecular Hbond substituents is 1. The monoisotopic (exact) mass is 346 g/mol. The minimum absolute atomic E-state index is 0.0262. The number of carbonyl (C=O) groups excluding carboxylic acids is 1. The lowest BCUT2D eigenvalue weighted by molar-refractivity contribution is 0.0981. The van der Waals surface area contributed by atoms with Gasteiger partial charge in [-0.25, -0.2) is 0 Å². The number of phenols is 1. The molecule has 108 valence electrons. The number of nitrogens with zero attached hydrogens (tertiary/aromatic N) is 1. The van der Waals surface area contributed by atoms with Crippen molar-refractivity contribution in [2.45, 2.75) is 12.5 Å². The van der Waals surface area contributed by atoms with Gasteiger partial charge in [-0.2, -0.15) is 0 Å². The van der Waals surface area contributed by atoms with E-state index in [1.807, 2.05) is 24.3 Å². The maximum atomic E-state index is 12.7. The highest BCUT2D eigenvalue weighted by atomic mass is 79.9. The molecule has 3 rings (SSSR count). The smallest absolute Gasteiger partial charge is 0.262 e. The molecule has 1 aliphatic heterocycles. The Morgan fingerprint density at radius 1 is 1.29 bits per heavy atom. The maximum Gasteiger partial charge on any atom is 0.262 e. The van der Waals surface area contributed by atoms with Crippen LogP contribution in [0.1, 0.15) is 28.4 Å². The van der Waals surface area contributed by atoms with Crippen LogP contribution < -0.4 is 10.6 Å². The molecule has 0 fully saturated rings. The van der Waals surface area contributed by atoms with Gasteiger partial charge in [0.1, 0.15) is 5.75 Å². The van der Waals surface area contributed by atoms with E-state index in [-0.39, 0.29) is 17.7 Å². The van der Waals surface area contributed by atoms with E-state index < -0.39 is 0 Å². The average molecular weight is 347 g/mol. The molecule has 4 nitrogen and oxygen atoms in total. The second kappa shape index (κ2) is 5.50. The number of benzene rings is 2. The van der Waals surface area contributed by atoms with Crippen molar-refractivity contribution in [3.63, 3.8) is 0 Å². The fourth-order valence-electron chi connectivity index (χ4n) is 2.63. The fraction of sp³-hybridized carbons (Fsp3) is 0.188. The quantitative estimate of drug-likeness (QED) is 0.833. The molecule has 1 aliphatic rings. The highest BCUT2D eigenvalue weighted by Crippen LogP contribution is 2.34. The Labute approximate surface area is 131 Å². The minimum Gasteiger partial charge on any atom is -0.507 e. The van der Waals surface area contributed by atoms with Crippen LogP contribution in [0.5, 0.6) is 5.75 Å². The molecule has 0 bridgehead atoms. The maximum absolute atomic E-state index is 12.7. The molecule has 5 heteroatoms. The molecule has 1 atom stereocenters. The van der Waals surface area contributed by atoms with Gasteiger partial charge in [-0.15, -0.1) is 0 Å². The highest BCUT2D eigenvalue weighted by Gasteiger charge is 2.28. The summed E-state index contributed by atoms with van der Waals surface area (Å²) >= 11 is 3.27. The van der Waals surface area contributed by atoms with Crippen LogP contribution in [0.3, 0.4) is 0 Å². The first-order chi connectivity index (χ1) is 10.1. The molecule has 0 spiro atoms. The van der Waals surface area contributed by atoms with Gasteiger partial charge in [0.25, 0.3) is 5.91 Å². The topological polar surface area (TPSA) is 66.6 Å². The van der Waals surface area contributed by atoms with Crippen molar-refractivity contribution in [1.82, 2.24) is 0 Å². The number of carbonyl (C=O) groups is 1.